The van der Waals surface area contributed by atoms with Gasteiger partial charge in [-0.2, -0.15) is 0 Å². The molecular formula is C19H24N4O2. The number of nitrogens with zero attached hydrogens (tertiary/aromatic N) is 3. The lowest BCUT2D eigenvalue weighted by molar-refractivity contribution is 0.0526. The van der Waals surface area contributed by atoms with Crippen LogP contribution in [-0.4, -0.2) is 34.3 Å². The first kappa shape index (κ1) is 18.6. The highest BCUT2D eigenvalue weighted by Crippen LogP contribution is 2.30. The van der Waals surface area contributed by atoms with Crippen LogP contribution in [0.25, 0.3) is 0 Å². The van der Waals surface area contributed by atoms with Gasteiger partial charge in [0.1, 0.15) is 6.33 Å². The van der Waals surface area contributed by atoms with E-state index in [0.29, 0.717) is 17.9 Å². The van der Waals surface area contributed by atoms with Crippen molar-refractivity contribution < 1.29 is 9.53 Å². The van der Waals surface area contributed by atoms with E-state index < -0.39 is 0 Å². The van der Waals surface area contributed by atoms with E-state index in [1.165, 1.54) is 6.33 Å². The number of esters is 1. The molecule has 6 heteroatoms. The van der Waals surface area contributed by atoms with E-state index >= 15 is 0 Å². The van der Waals surface area contributed by atoms with E-state index in [0.717, 1.165) is 17.7 Å². The van der Waals surface area contributed by atoms with Gasteiger partial charge >= 0.3 is 5.97 Å². The first-order valence-corrected chi connectivity index (χ1v) is 8.33. The molecule has 2 aromatic rings. The summed E-state index contributed by atoms with van der Waals surface area (Å²) in [6.07, 6.45) is 7.44. The van der Waals surface area contributed by atoms with Gasteiger partial charge in [0.15, 0.2) is 0 Å². The van der Waals surface area contributed by atoms with Gasteiger partial charge in [-0.1, -0.05) is 6.92 Å². The molecule has 0 fully saturated rings. The summed E-state index contributed by atoms with van der Waals surface area (Å²) in [6, 6.07) is 5.33. The summed E-state index contributed by atoms with van der Waals surface area (Å²) in [7, 11) is 0. The molecule has 6 nitrogen and oxygen atoms in total. The van der Waals surface area contributed by atoms with Gasteiger partial charge < -0.3 is 10.1 Å². The molecule has 0 saturated carbocycles. The third kappa shape index (κ3) is 5.38. The highest BCUT2D eigenvalue weighted by molar-refractivity contribution is 5.93. The van der Waals surface area contributed by atoms with Crippen LogP contribution in [0.5, 0.6) is 0 Å². The largest absolute Gasteiger partial charge is 0.462 e. The summed E-state index contributed by atoms with van der Waals surface area (Å²) in [5.41, 5.74) is 2.68. The number of aromatic nitrogens is 2. The number of ether oxygens (including phenoxy) is 1. The summed E-state index contributed by atoms with van der Waals surface area (Å²) in [5, 5.41) is 3.47. The molecule has 0 radical (unpaired) electrons. The van der Waals surface area contributed by atoms with Crippen LogP contribution in [0.1, 0.15) is 50.0 Å². The average molecular weight is 340 g/mol. The number of hydrogen-bond acceptors (Lipinski definition) is 6. The Morgan fingerprint density at radius 2 is 2.00 bits per heavy atom. The predicted octanol–water partition coefficient (Wildman–Crippen LogP) is 4.00. The van der Waals surface area contributed by atoms with Crippen molar-refractivity contribution >= 4 is 23.6 Å². The standard InChI is InChI=1S/C19H24N4O2/c1-5-19(3,4)23-16-8-7-15(18(24)25-6-2)9-17(16)22-12-14-10-20-13-21-11-14/h7-13,23H,5-6H2,1-4H3. The molecule has 1 aromatic carbocycles. The molecule has 132 valence electrons. The Bertz CT molecular complexity index is 742. The summed E-state index contributed by atoms with van der Waals surface area (Å²) in [4.78, 5) is 24.5. The maximum absolute atomic E-state index is 12.0. The van der Waals surface area contributed by atoms with E-state index in [4.69, 9.17) is 4.74 Å². The molecule has 1 N–H and O–H groups in total. The van der Waals surface area contributed by atoms with Crippen LogP contribution in [0, 0.1) is 0 Å². The highest BCUT2D eigenvalue weighted by Gasteiger charge is 2.17. The number of hydrogen-bond donors (Lipinski definition) is 1. The van der Waals surface area contributed by atoms with Crippen LogP contribution in [0.4, 0.5) is 11.4 Å². The fraction of sp³-hybridized carbons (Fsp3) is 0.368. The van der Waals surface area contributed by atoms with Crippen molar-refractivity contribution in [3.63, 3.8) is 0 Å². The Morgan fingerprint density at radius 3 is 2.64 bits per heavy atom. The minimum absolute atomic E-state index is 0.0917. The number of carbonyl (C=O) groups is 1. The lowest BCUT2D eigenvalue weighted by atomic mass is 10.0. The van der Waals surface area contributed by atoms with Gasteiger partial charge in [0, 0.05) is 29.7 Å². The second-order valence-electron chi connectivity index (χ2n) is 6.24. The summed E-state index contributed by atoms with van der Waals surface area (Å²) < 4.78 is 5.08. The van der Waals surface area contributed by atoms with Gasteiger partial charge in [-0.05, 0) is 45.4 Å². The monoisotopic (exact) mass is 340 g/mol. The Balaban J connectivity index is 2.38. The molecule has 2 rings (SSSR count). The minimum Gasteiger partial charge on any atom is -0.462 e. The van der Waals surface area contributed by atoms with Crippen LogP contribution in [-0.2, 0) is 4.74 Å². The summed E-state index contributed by atoms with van der Waals surface area (Å²) >= 11 is 0. The van der Waals surface area contributed by atoms with Crippen molar-refractivity contribution in [1.29, 1.82) is 0 Å². The van der Waals surface area contributed by atoms with Crippen LogP contribution < -0.4 is 5.32 Å². The molecular weight excluding hydrogens is 316 g/mol. The summed E-state index contributed by atoms with van der Waals surface area (Å²) in [6.45, 7) is 8.47. The molecule has 0 amide bonds. The molecule has 0 saturated heterocycles. The molecule has 25 heavy (non-hydrogen) atoms. The fourth-order valence-corrected chi connectivity index (χ4v) is 2.06. The number of rotatable bonds is 7. The molecule has 0 aliphatic carbocycles. The molecule has 1 aromatic heterocycles. The number of carbonyl (C=O) groups excluding carboxylic acids is 1. The fourth-order valence-electron chi connectivity index (χ4n) is 2.06. The van der Waals surface area contributed by atoms with E-state index in [-0.39, 0.29) is 11.5 Å². The average Bonchev–Trinajstić information content (AvgIpc) is 2.61. The van der Waals surface area contributed by atoms with Crippen LogP contribution in [0.2, 0.25) is 0 Å². The van der Waals surface area contributed by atoms with Crippen LogP contribution >= 0.6 is 0 Å². The third-order valence-electron chi connectivity index (χ3n) is 3.80. The molecule has 0 atom stereocenters. The zero-order chi connectivity index (χ0) is 18.3. The number of anilines is 1. The van der Waals surface area contributed by atoms with Crippen molar-refractivity contribution in [2.75, 3.05) is 11.9 Å². The van der Waals surface area contributed by atoms with Crippen molar-refractivity contribution in [3.8, 4) is 0 Å². The zero-order valence-electron chi connectivity index (χ0n) is 15.1. The third-order valence-corrected chi connectivity index (χ3v) is 3.80. The number of nitrogens with one attached hydrogen (secondary N) is 1. The quantitative estimate of drug-likeness (QED) is 0.609. The Labute approximate surface area is 148 Å². The number of benzene rings is 1. The van der Waals surface area contributed by atoms with E-state index in [1.807, 2.05) is 6.07 Å². The molecule has 0 unspecified atom stereocenters. The van der Waals surface area contributed by atoms with Gasteiger partial charge in [-0.3, -0.25) is 4.99 Å². The van der Waals surface area contributed by atoms with Gasteiger partial charge in [0.05, 0.1) is 23.5 Å². The molecule has 1 heterocycles. The van der Waals surface area contributed by atoms with E-state index in [2.05, 4.69) is 41.0 Å². The maximum Gasteiger partial charge on any atom is 0.338 e. The smallest absolute Gasteiger partial charge is 0.338 e. The second-order valence-corrected chi connectivity index (χ2v) is 6.24. The van der Waals surface area contributed by atoms with Crippen molar-refractivity contribution in [3.05, 3.63) is 48.0 Å². The normalized spacial score (nSPS) is 11.5. The summed E-state index contributed by atoms with van der Waals surface area (Å²) in [5.74, 6) is -0.358. The highest BCUT2D eigenvalue weighted by atomic mass is 16.5. The predicted molar refractivity (Wildman–Crippen MR) is 99.7 cm³/mol. The maximum atomic E-state index is 12.0. The van der Waals surface area contributed by atoms with Crippen molar-refractivity contribution in [2.24, 2.45) is 4.99 Å². The first-order chi connectivity index (χ1) is 11.9. The zero-order valence-corrected chi connectivity index (χ0v) is 15.1. The van der Waals surface area contributed by atoms with Gasteiger partial charge in [0.2, 0.25) is 0 Å². The Hall–Kier alpha value is -2.76. The lowest BCUT2D eigenvalue weighted by Gasteiger charge is -2.27. The molecule has 0 aliphatic heterocycles. The van der Waals surface area contributed by atoms with Crippen LogP contribution in [0.3, 0.4) is 0 Å². The van der Waals surface area contributed by atoms with E-state index in [1.54, 1.807) is 37.7 Å². The Morgan fingerprint density at radius 1 is 1.28 bits per heavy atom. The van der Waals surface area contributed by atoms with E-state index in [9.17, 15) is 4.79 Å². The van der Waals surface area contributed by atoms with Gasteiger partial charge in [-0.15, -0.1) is 0 Å². The number of aliphatic imine (C=N–C) groups is 1. The first-order valence-electron chi connectivity index (χ1n) is 8.33. The van der Waals surface area contributed by atoms with Crippen molar-refractivity contribution in [1.82, 2.24) is 9.97 Å². The SMILES string of the molecule is CCOC(=O)c1ccc(NC(C)(C)CC)c(N=Cc2cncnc2)c1. The van der Waals surface area contributed by atoms with Crippen LogP contribution in [0.15, 0.2) is 41.9 Å². The minimum atomic E-state index is -0.358. The molecule has 0 spiro atoms. The lowest BCUT2D eigenvalue weighted by Crippen LogP contribution is -2.29. The van der Waals surface area contributed by atoms with Gasteiger partial charge in [0.25, 0.3) is 0 Å². The second kappa shape index (κ2) is 8.37. The molecule has 0 aliphatic rings. The van der Waals surface area contributed by atoms with Crippen molar-refractivity contribution in [2.45, 2.75) is 39.7 Å². The topological polar surface area (TPSA) is 76.5 Å². The van der Waals surface area contributed by atoms with Gasteiger partial charge in [-0.25, -0.2) is 14.8 Å². The molecule has 0 bridgehead atoms. The Kier molecular flexibility index (Phi) is 6.22.